The zero-order valence-electron chi connectivity index (χ0n) is 17.5. The van der Waals surface area contributed by atoms with Gasteiger partial charge in [0.2, 0.25) is 10.0 Å². The zero-order chi connectivity index (χ0) is 20.8. The lowest BCUT2D eigenvalue weighted by Crippen LogP contribution is -2.40. The third-order valence-corrected chi connectivity index (χ3v) is 8.07. The maximum atomic E-state index is 12.7. The van der Waals surface area contributed by atoms with Crippen molar-refractivity contribution >= 4 is 15.8 Å². The second kappa shape index (κ2) is 9.90. The molecule has 30 heavy (non-hydrogen) atoms. The van der Waals surface area contributed by atoms with Gasteiger partial charge in [0.05, 0.1) is 0 Å². The van der Waals surface area contributed by atoms with E-state index in [1.54, 1.807) is 16.4 Å². The van der Waals surface area contributed by atoms with Crippen LogP contribution in [0.5, 0.6) is 0 Å². The van der Waals surface area contributed by atoms with E-state index < -0.39 is 10.0 Å². The van der Waals surface area contributed by atoms with E-state index in [-0.39, 0.29) is 0 Å². The fourth-order valence-electron chi connectivity index (χ4n) is 4.31. The van der Waals surface area contributed by atoms with Crippen molar-refractivity contribution in [1.82, 2.24) is 14.2 Å². The minimum atomic E-state index is -3.41. The van der Waals surface area contributed by atoms with Gasteiger partial charge in [0, 0.05) is 45.0 Å². The summed E-state index contributed by atoms with van der Waals surface area (Å²) in [5.41, 5.74) is 1.39. The van der Waals surface area contributed by atoms with Gasteiger partial charge in [-0.2, -0.15) is 4.31 Å². The number of hydrogen-bond donors (Lipinski definition) is 1. The van der Waals surface area contributed by atoms with Gasteiger partial charge in [-0.15, -0.1) is 0 Å². The third kappa shape index (κ3) is 5.39. The van der Waals surface area contributed by atoms with Gasteiger partial charge >= 0.3 is 0 Å². The largest absolute Gasteiger partial charge is 0.367 e. The van der Waals surface area contributed by atoms with E-state index in [0.717, 1.165) is 64.0 Å². The average Bonchev–Trinajstić information content (AvgIpc) is 2.80. The first kappa shape index (κ1) is 21.3. The highest BCUT2D eigenvalue weighted by molar-refractivity contribution is 7.89. The quantitative estimate of drug-likeness (QED) is 0.732. The Morgan fingerprint density at radius 3 is 2.33 bits per heavy atom. The van der Waals surface area contributed by atoms with Crippen LogP contribution >= 0.6 is 0 Å². The molecule has 7 heteroatoms. The van der Waals surface area contributed by atoms with Crippen LogP contribution in [0.15, 0.2) is 53.6 Å². The lowest BCUT2D eigenvalue weighted by Gasteiger charge is -2.32. The Morgan fingerprint density at radius 2 is 1.67 bits per heavy atom. The van der Waals surface area contributed by atoms with Crippen LogP contribution in [-0.4, -0.2) is 61.4 Å². The van der Waals surface area contributed by atoms with Crippen molar-refractivity contribution in [1.29, 1.82) is 0 Å². The Labute approximate surface area is 180 Å². The number of hydrogen-bond acceptors (Lipinski definition) is 5. The molecule has 0 spiro atoms. The molecule has 6 nitrogen and oxygen atoms in total. The molecule has 1 aromatic carbocycles. The van der Waals surface area contributed by atoms with Crippen LogP contribution in [0.25, 0.3) is 0 Å². The van der Waals surface area contributed by atoms with Crippen LogP contribution in [0.1, 0.15) is 37.7 Å². The van der Waals surface area contributed by atoms with Gasteiger partial charge < -0.3 is 10.2 Å². The molecule has 2 aliphatic rings. The Hall–Kier alpha value is -1.96. The molecule has 2 saturated heterocycles. The number of pyridine rings is 1. The third-order valence-electron chi connectivity index (χ3n) is 6.19. The predicted octanol–water partition coefficient (Wildman–Crippen LogP) is 3.38. The first-order valence-corrected chi connectivity index (χ1v) is 12.5. The molecule has 1 aromatic heterocycles. The van der Waals surface area contributed by atoms with Crippen molar-refractivity contribution in [2.75, 3.05) is 38.0 Å². The van der Waals surface area contributed by atoms with Gasteiger partial charge in [0.15, 0.2) is 0 Å². The molecule has 0 radical (unpaired) electrons. The summed E-state index contributed by atoms with van der Waals surface area (Å²) in [5.74, 6) is 0.760. The van der Waals surface area contributed by atoms with Gasteiger partial charge in [-0.1, -0.05) is 36.8 Å². The number of rotatable bonds is 7. The van der Waals surface area contributed by atoms with Gasteiger partial charge in [-0.25, -0.2) is 13.4 Å². The van der Waals surface area contributed by atoms with Crippen molar-refractivity contribution in [3.8, 4) is 0 Å². The van der Waals surface area contributed by atoms with Crippen molar-refractivity contribution in [3.05, 3.63) is 54.2 Å². The monoisotopic (exact) mass is 428 g/mol. The first-order chi connectivity index (χ1) is 14.6. The SMILES string of the molecule is O=S(=O)(c1ccc(NC2CCN(CCc3ccccc3)CC2)nc1)N1CCCCC1. The van der Waals surface area contributed by atoms with Crippen LogP contribution in [0, 0.1) is 0 Å². The van der Waals surface area contributed by atoms with E-state index in [1.165, 1.54) is 11.8 Å². The van der Waals surface area contributed by atoms with Crippen molar-refractivity contribution in [2.24, 2.45) is 0 Å². The number of anilines is 1. The van der Waals surface area contributed by atoms with E-state index in [2.05, 4.69) is 45.5 Å². The summed E-state index contributed by atoms with van der Waals surface area (Å²) in [6.45, 7) is 4.48. The van der Waals surface area contributed by atoms with Crippen LogP contribution in [0.3, 0.4) is 0 Å². The van der Waals surface area contributed by atoms with Crippen LogP contribution in [-0.2, 0) is 16.4 Å². The normalized spacial score (nSPS) is 19.6. The molecular weight excluding hydrogens is 396 g/mol. The minimum Gasteiger partial charge on any atom is -0.367 e. The molecule has 3 heterocycles. The summed E-state index contributed by atoms with van der Waals surface area (Å²) in [7, 11) is -3.41. The van der Waals surface area contributed by atoms with Gasteiger partial charge in [-0.05, 0) is 49.8 Å². The van der Waals surface area contributed by atoms with Gasteiger partial charge in [-0.3, -0.25) is 0 Å². The van der Waals surface area contributed by atoms with Gasteiger partial charge in [0.1, 0.15) is 10.7 Å². The highest BCUT2D eigenvalue weighted by Gasteiger charge is 2.26. The average molecular weight is 429 g/mol. The molecule has 0 saturated carbocycles. The zero-order valence-corrected chi connectivity index (χ0v) is 18.4. The molecular formula is C23H32N4O2S. The summed E-state index contributed by atoms with van der Waals surface area (Å²) < 4.78 is 27.1. The van der Waals surface area contributed by atoms with Crippen molar-refractivity contribution in [3.63, 3.8) is 0 Å². The van der Waals surface area contributed by atoms with E-state index >= 15 is 0 Å². The molecule has 0 aliphatic carbocycles. The molecule has 0 amide bonds. The van der Waals surface area contributed by atoms with Crippen molar-refractivity contribution in [2.45, 2.75) is 49.5 Å². The highest BCUT2D eigenvalue weighted by Crippen LogP contribution is 2.22. The Balaban J connectivity index is 1.25. The van der Waals surface area contributed by atoms with Gasteiger partial charge in [0.25, 0.3) is 0 Å². The summed E-state index contributed by atoms with van der Waals surface area (Å²) in [5, 5.41) is 3.49. The first-order valence-electron chi connectivity index (χ1n) is 11.1. The molecule has 2 aromatic rings. The number of piperidine rings is 2. The number of nitrogens with zero attached hydrogens (tertiary/aromatic N) is 3. The molecule has 2 aliphatic heterocycles. The smallest absolute Gasteiger partial charge is 0.244 e. The number of nitrogens with one attached hydrogen (secondary N) is 1. The molecule has 0 bridgehead atoms. The summed E-state index contributed by atoms with van der Waals surface area (Å²) in [4.78, 5) is 7.22. The maximum Gasteiger partial charge on any atom is 0.244 e. The summed E-state index contributed by atoms with van der Waals surface area (Å²) in [6.07, 6.45) is 7.73. The number of aromatic nitrogens is 1. The Bertz CT molecular complexity index is 889. The predicted molar refractivity (Wildman–Crippen MR) is 120 cm³/mol. The molecule has 4 rings (SSSR count). The minimum absolute atomic E-state index is 0.297. The van der Waals surface area contributed by atoms with Crippen molar-refractivity contribution < 1.29 is 8.42 Å². The summed E-state index contributed by atoms with van der Waals surface area (Å²) in [6, 6.07) is 14.5. The number of sulfonamides is 1. The second-order valence-electron chi connectivity index (χ2n) is 8.34. The van der Waals surface area contributed by atoms with Crippen LogP contribution in [0.4, 0.5) is 5.82 Å². The molecule has 0 atom stereocenters. The fourth-order valence-corrected chi connectivity index (χ4v) is 5.78. The van der Waals surface area contributed by atoms with Crippen LogP contribution in [0.2, 0.25) is 0 Å². The van der Waals surface area contributed by atoms with Crippen LogP contribution < -0.4 is 5.32 Å². The lowest BCUT2D eigenvalue weighted by molar-refractivity contribution is 0.221. The Kier molecular flexibility index (Phi) is 7.02. The molecule has 0 unspecified atom stereocenters. The number of benzene rings is 1. The van der Waals surface area contributed by atoms with E-state index in [0.29, 0.717) is 24.0 Å². The van der Waals surface area contributed by atoms with E-state index in [4.69, 9.17) is 0 Å². The Morgan fingerprint density at radius 1 is 0.933 bits per heavy atom. The molecule has 1 N–H and O–H groups in total. The maximum absolute atomic E-state index is 12.7. The lowest BCUT2D eigenvalue weighted by atomic mass is 10.0. The van der Waals surface area contributed by atoms with E-state index in [9.17, 15) is 8.42 Å². The fraction of sp³-hybridized carbons (Fsp3) is 0.522. The standard InChI is InChI=1S/C23H32N4O2S/c28-30(29,27-14-5-2-6-15-27)22-9-10-23(24-19-22)25-21-12-17-26(18-13-21)16-11-20-7-3-1-4-8-20/h1,3-4,7-10,19,21H,2,5-6,11-18H2,(H,24,25). The second-order valence-corrected chi connectivity index (χ2v) is 10.3. The topological polar surface area (TPSA) is 65.5 Å². The highest BCUT2D eigenvalue weighted by atomic mass is 32.2. The molecule has 2 fully saturated rings. The summed E-state index contributed by atoms with van der Waals surface area (Å²) >= 11 is 0. The molecule has 162 valence electrons. The van der Waals surface area contributed by atoms with E-state index in [1.807, 2.05) is 0 Å². The number of likely N-dealkylation sites (tertiary alicyclic amines) is 1.